The quantitative estimate of drug-likeness (QED) is 0.693. The molecule has 1 saturated heterocycles. The van der Waals surface area contributed by atoms with Gasteiger partial charge in [0.05, 0.1) is 17.7 Å². The number of ether oxygens (including phenoxy) is 1. The van der Waals surface area contributed by atoms with Crippen molar-refractivity contribution in [1.82, 2.24) is 4.31 Å². The van der Waals surface area contributed by atoms with Crippen LogP contribution in [0.15, 0.2) is 47.4 Å². The van der Waals surface area contributed by atoms with Crippen molar-refractivity contribution in [3.63, 3.8) is 0 Å². The van der Waals surface area contributed by atoms with Crippen molar-refractivity contribution in [3.8, 4) is 5.75 Å². The van der Waals surface area contributed by atoms with Crippen LogP contribution in [0, 0.1) is 0 Å². The van der Waals surface area contributed by atoms with Crippen molar-refractivity contribution in [3.05, 3.63) is 48.0 Å². The van der Waals surface area contributed by atoms with Crippen LogP contribution >= 0.6 is 0 Å². The molecular formula is C21H27N3O4S. The summed E-state index contributed by atoms with van der Waals surface area (Å²) >= 11 is 0. The molecule has 1 amide bonds. The van der Waals surface area contributed by atoms with E-state index in [1.54, 1.807) is 18.0 Å². The molecule has 2 aromatic rings. The maximum atomic E-state index is 13.1. The SMILES string of the molecule is COc1ccc(S(=O)(=O)N(C)Cc2ccc(N(C)C)cc2)cc1N1CCCC1=O. The molecule has 8 heteroatoms. The Morgan fingerprint density at radius 1 is 1.07 bits per heavy atom. The number of anilines is 2. The molecule has 0 aromatic heterocycles. The topological polar surface area (TPSA) is 70.2 Å². The second-order valence-corrected chi connectivity index (χ2v) is 9.35. The molecule has 1 aliphatic heterocycles. The van der Waals surface area contributed by atoms with Gasteiger partial charge in [-0.3, -0.25) is 4.79 Å². The molecule has 0 atom stereocenters. The molecule has 0 unspecified atom stereocenters. The van der Waals surface area contributed by atoms with Gasteiger partial charge in [0.15, 0.2) is 0 Å². The predicted octanol–water partition coefficient (Wildman–Crippen LogP) is 2.71. The molecule has 156 valence electrons. The van der Waals surface area contributed by atoms with Crippen LogP contribution in [0.4, 0.5) is 11.4 Å². The normalized spacial score (nSPS) is 14.5. The van der Waals surface area contributed by atoms with Gasteiger partial charge in [-0.2, -0.15) is 4.31 Å². The van der Waals surface area contributed by atoms with E-state index in [1.165, 1.54) is 23.5 Å². The van der Waals surface area contributed by atoms with Crippen LogP contribution in [0.2, 0.25) is 0 Å². The third-order valence-electron chi connectivity index (χ3n) is 5.08. The van der Waals surface area contributed by atoms with Gasteiger partial charge in [-0.25, -0.2) is 8.42 Å². The third kappa shape index (κ3) is 4.38. The molecule has 0 N–H and O–H groups in total. The monoisotopic (exact) mass is 417 g/mol. The Morgan fingerprint density at radius 2 is 1.76 bits per heavy atom. The Kier molecular flexibility index (Phi) is 6.14. The molecule has 29 heavy (non-hydrogen) atoms. The Bertz CT molecular complexity index is 987. The minimum absolute atomic E-state index is 0.0211. The fourth-order valence-corrected chi connectivity index (χ4v) is 4.55. The highest BCUT2D eigenvalue weighted by molar-refractivity contribution is 7.89. The van der Waals surface area contributed by atoms with Gasteiger partial charge in [-0.15, -0.1) is 0 Å². The van der Waals surface area contributed by atoms with Gasteiger partial charge in [-0.1, -0.05) is 12.1 Å². The first-order valence-electron chi connectivity index (χ1n) is 9.45. The van der Waals surface area contributed by atoms with Gasteiger partial charge in [0.25, 0.3) is 0 Å². The zero-order chi connectivity index (χ0) is 21.2. The molecule has 1 heterocycles. The number of nitrogens with zero attached hydrogens (tertiary/aromatic N) is 3. The zero-order valence-corrected chi connectivity index (χ0v) is 18.1. The van der Waals surface area contributed by atoms with E-state index in [0.29, 0.717) is 24.4 Å². The highest BCUT2D eigenvalue weighted by Gasteiger charge is 2.28. The average molecular weight is 418 g/mol. The number of benzene rings is 2. The smallest absolute Gasteiger partial charge is 0.243 e. The number of carbonyl (C=O) groups excluding carboxylic acids is 1. The largest absolute Gasteiger partial charge is 0.495 e. The van der Waals surface area contributed by atoms with Crippen LogP contribution < -0.4 is 14.5 Å². The van der Waals surface area contributed by atoms with Crippen molar-refractivity contribution in [2.45, 2.75) is 24.3 Å². The lowest BCUT2D eigenvalue weighted by Crippen LogP contribution is -2.28. The first-order chi connectivity index (χ1) is 13.7. The molecule has 0 aliphatic carbocycles. The first kappa shape index (κ1) is 21.1. The average Bonchev–Trinajstić information content (AvgIpc) is 3.13. The summed E-state index contributed by atoms with van der Waals surface area (Å²) in [4.78, 5) is 15.9. The minimum Gasteiger partial charge on any atom is -0.495 e. The summed E-state index contributed by atoms with van der Waals surface area (Å²) in [5.74, 6) is 0.466. The van der Waals surface area contributed by atoms with Crippen LogP contribution in [0.3, 0.4) is 0 Å². The summed E-state index contributed by atoms with van der Waals surface area (Å²) in [6, 6.07) is 12.4. The molecule has 1 aliphatic rings. The Labute approximate surface area is 172 Å². The van der Waals surface area contributed by atoms with Crippen LogP contribution in [0.5, 0.6) is 5.75 Å². The zero-order valence-electron chi connectivity index (χ0n) is 17.3. The van der Waals surface area contributed by atoms with Crippen molar-refractivity contribution >= 4 is 27.3 Å². The summed E-state index contributed by atoms with van der Waals surface area (Å²) < 4.78 is 32.9. The Morgan fingerprint density at radius 3 is 2.31 bits per heavy atom. The summed E-state index contributed by atoms with van der Waals surface area (Å²) in [5, 5.41) is 0. The molecule has 0 saturated carbocycles. The molecule has 2 aromatic carbocycles. The molecule has 3 rings (SSSR count). The van der Waals surface area contributed by atoms with E-state index in [1.807, 2.05) is 43.3 Å². The second-order valence-electron chi connectivity index (χ2n) is 7.30. The van der Waals surface area contributed by atoms with E-state index in [-0.39, 0.29) is 17.3 Å². The van der Waals surface area contributed by atoms with E-state index in [4.69, 9.17) is 4.74 Å². The number of hydrogen-bond acceptors (Lipinski definition) is 5. The molecule has 0 radical (unpaired) electrons. The number of rotatable bonds is 7. The summed E-state index contributed by atoms with van der Waals surface area (Å²) in [5.41, 5.74) is 2.44. The molecule has 1 fully saturated rings. The fourth-order valence-electron chi connectivity index (χ4n) is 3.37. The van der Waals surface area contributed by atoms with Crippen molar-refractivity contribution < 1.29 is 17.9 Å². The lowest BCUT2D eigenvalue weighted by molar-refractivity contribution is -0.117. The highest BCUT2D eigenvalue weighted by atomic mass is 32.2. The summed E-state index contributed by atoms with van der Waals surface area (Å²) in [7, 11) is 3.25. The van der Waals surface area contributed by atoms with Gasteiger partial charge in [0, 0.05) is 46.3 Å². The highest BCUT2D eigenvalue weighted by Crippen LogP contribution is 2.34. The minimum atomic E-state index is -3.73. The van der Waals surface area contributed by atoms with Crippen LogP contribution in [0.25, 0.3) is 0 Å². The number of carbonyl (C=O) groups is 1. The van der Waals surface area contributed by atoms with Crippen molar-refractivity contribution in [1.29, 1.82) is 0 Å². The van der Waals surface area contributed by atoms with E-state index in [2.05, 4.69) is 0 Å². The van der Waals surface area contributed by atoms with Crippen LogP contribution in [-0.4, -0.2) is 53.4 Å². The van der Waals surface area contributed by atoms with Crippen LogP contribution in [0.1, 0.15) is 18.4 Å². The summed E-state index contributed by atoms with van der Waals surface area (Å²) in [6.07, 6.45) is 1.21. The molecule has 7 nitrogen and oxygen atoms in total. The molecule has 0 spiro atoms. The maximum absolute atomic E-state index is 13.1. The second kappa shape index (κ2) is 8.42. The lowest BCUT2D eigenvalue weighted by atomic mass is 10.2. The van der Waals surface area contributed by atoms with E-state index >= 15 is 0 Å². The lowest BCUT2D eigenvalue weighted by Gasteiger charge is -2.22. The van der Waals surface area contributed by atoms with E-state index < -0.39 is 10.0 Å². The Balaban J connectivity index is 1.87. The van der Waals surface area contributed by atoms with Crippen LogP contribution in [-0.2, 0) is 21.4 Å². The number of amides is 1. The number of hydrogen-bond donors (Lipinski definition) is 0. The standard InChI is InChI=1S/C21H27N3O4S/c1-22(2)17-9-7-16(8-10-17)15-23(3)29(26,27)18-11-12-20(28-4)19(14-18)24-13-5-6-21(24)25/h7-12,14H,5-6,13,15H2,1-4H3. The fraction of sp³-hybridized carbons (Fsp3) is 0.381. The molecule has 0 bridgehead atoms. The van der Waals surface area contributed by atoms with Crippen molar-refractivity contribution in [2.24, 2.45) is 0 Å². The van der Waals surface area contributed by atoms with Crippen molar-refractivity contribution in [2.75, 3.05) is 44.6 Å². The van der Waals surface area contributed by atoms with Gasteiger partial charge in [0.2, 0.25) is 15.9 Å². The Hall–Kier alpha value is -2.58. The van der Waals surface area contributed by atoms with E-state index in [0.717, 1.165) is 17.7 Å². The van der Waals surface area contributed by atoms with Gasteiger partial charge in [-0.05, 0) is 42.3 Å². The first-order valence-corrected chi connectivity index (χ1v) is 10.9. The van der Waals surface area contributed by atoms with Gasteiger partial charge < -0.3 is 14.5 Å². The summed E-state index contributed by atoms with van der Waals surface area (Å²) in [6.45, 7) is 0.812. The van der Waals surface area contributed by atoms with E-state index in [9.17, 15) is 13.2 Å². The number of methoxy groups -OCH3 is 1. The maximum Gasteiger partial charge on any atom is 0.243 e. The van der Waals surface area contributed by atoms with Gasteiger partial charge in [0.1, 0.15) is 5.75 Å². The van der Waals surface area contributed by atoms with Gasteiger partial charge >= 0.3 is 0 Å². The number of sulfonamides is 1. The molecular weight excluding hydrogens is 390 g/mol. The predicted molar refractivity (Wildman–Crippen MR) is 114 cm³/mol. The third-order valence-corrected chi connectivity index (χ3v) is 6.88.